The van der Waals surface area contributed by atoms with Gasteiger partial charge in [0, 0.05) is 31.4 Å². The zero-order valence-electron chi connectivity index (χ0n) is 18.4. The Hall–Kier alpha value is -3.51. The summed E-state index contributed by atoms with van der Waals surface area (Å²) in [5.74, 6) is -3.14. The largest absolute Gasteiger partial charge is 0.492 e. The Morgan fingerprint density at radius 2 is 1.85 bits per heavy atom. The second kappa shape index (κ2) is 8.79. The fraction of sp³-hybridized carbons (Fsp3) is 0.375. The fourth-order valence-corrected chi connectivity index (χ4v) is 4.68. The van der Waals surface area contributed by atoms with Crippen molar-refractivity contribution in [1.82, 2.24) is 4.90 Å². The van der Waals surface area contributed by atoms with Crippen LogP contribution >= 0.6 is 0 Å². The Kier molecular flexibility index (Phi) is 6.04. The molecule has 1 fully saturated rings. The Bertz CT molecular complexity index is 1130. The number of benzene rings is 2. The van der Waals surface area contributed by atoms with Crippen LogP contribution in [0.15, 0.2) is 30.3 Å². The van der Waals surface area contributed by atoms with E-state index in [1.807, 2.05) is 12.1 Å². The molecule has 9 heteroatoms. The first-order chi connectivity index (χ1) is 15.8. The number of nitrogens with zero attached hydrogens (tertiary/aromatic N) is 3. The molecule has 7 nitrogen and oxygen atoms in total. The number of amides is 1. The van der Waals surface area contributed by atoms with E-state index in [1.54, 1.807) is 18.0 Å². The minimum absolute atomic E-state index is 0.0145. The predicted molar refractivity (Wildman–Crippen MR) is 117 cm³/mol. The number of esters is 1. The van der Waals surface area contributed by atoms with Crippen LogP contribution in [0.2, 0.25) is 0 Å². The molecule has 0 radical (unpaired) electrons. The van der Waals surface area contributed by atoms with Gasteiger partial charge in [0.1, 0.15) is 29.6 Å². The van der Waals surface area contributed by atoms with Crippen LogP contribution in [0.1, 0.15) is 28.8 Å². The lowest BCUT2D eigenvalue weighted by Gasteiger charge is -2.38. The maximum atomic E-state index is 14.1. The van der Waals surface area contributed by atoms with Crippen molar-refractivity contribution in [3.8, 4) is 5.75 Å². The molecule has 0 aliphatic carbocycles. The number of likely N-dealkylation sites (N-methyl/N-ethyl adjacent to an activating group) is 1. The fourth-order valence-electron chi connectivity index (χ4n) is 4.68. The van der Waals surface area contributed by atoms with E-state index < -0.39 is 28.6 Å². The second-order valence-corrected chi connectivity index (χ2v) is 8.20. The molecule has 33 heavy (non-hydrogen) atoms. The number of ether oxygens (including phenoxy) is 2. The molecule has 0 unspecified atom stereocenters. The Morgan fingerprint density at radius 3 is 2.45 bits per heavy atom. The molecule has 2 aliphatic heterocycles. The molecule has 0 bridgehead atoms. The van der Waals surface area contributed by atoms with Crippen LogP contribution in [-0.4, -0.2) is 57.2 Å². The van der Waals surface area contributed by atoms with Gasteiger partial charge < -0.3 is 14.4 Å². The average Bonchev–Trinajstić information content (AvgIpc) is 3.01. The second-order valence-electron chi connectivity index (χ2n) is 8.20. The minimum Gasteiger partial charge on any atom is -0.492 e. The number of methoxy groups -OCH3 is 1. The molecule has 2 aromatic rings. The van der Waals surface area contributed by atoms with Crippen LogP contribution < -0.4 is 9.64 Å². The van der Waals surface area contributed by atoms with Gasteiger partial charge in [0.2, 0.25) is 5.91 Å². The Balaban J connectivity index is 1.38. The maximum absolute atomic E-state index is 14.1. The first-order valence-electron chi connectivity index (χ1n) is 10.5. The smallest absolute Gasteiger partial charge is 0.343 e. The molecule has 4 rings (SSSR count). The molecular weight excluding hydrogens is 432 g/mol. The van der Waals surface area contributed by atoms with Crippen LogP contribution in [0.25, 0.3) is 4.85 Å². The normalized spacial score (nSPS) is 17.1. The first kappa shape index (κ1) is 22.7. The van der Waals surface area contributed by atoms with Gasteiger partial charge >= 0.3 is 5.97 Å². The molecule has 0 atom stereocenters. The van der Waals surface area contributed by atoms with Crippen molar-refractivity contribution in [2.75, 3.05) is 45.3 Å². The lowest BCUT2D eigenvalue weighted by Crippen LogP contribution is -2.48. The van der Waals surface area contributed by atoms with Gasteiger partial charge in [-0.05, 0) is 37.6 Å². The number of hydrogen-bond acceptors (Lipinski definition) is 5. The highest BCUT2D eigenvalue weighted by atomic mass is 19.1. The van der Waals surface area contributed by atoms with Crippen LogP contribution in [0.3, 0.4) is 0 Å². The third-order valence-corrected chi connectivity index (χ3v) is 6.49. The van der Waals surface area contributed by atoms with E-state index in [1.165, 1.54) is 0 Å². The number of fused-ring (bicyclic) bond motifs is 2. The molecule has 0 aromatic heterocycles. The molecule has 172 valence electrons. The van der Waals surface area contributed by atoms with E-state index >= 15 is 0 Å². The molecule has 1 spiro atoms. The van der Waals surface area contributed by atoms with Crippen LogP contribution in [0, 0.1) is 18.2 Å². The molecule has 2 aliphatic rings. The van der Waals surface area contributed by atoms with Crippen molar-refractivity contribution < 1.29 is 27.8 Å². The van der Waals surface area contributed by atoms with Gasteiger partial charge in [-0.25, -0.2) is 18.4 Å². The number of hydrogen-bond donors (Lipinski definition) is 0. The highest BCUT2D eigenvalue weighted by molar-refractivity contribution is 6.08. The summed E-state index contributed by atoms with van der Waals surface area (Å²) in [6, 6.07) is 7.30. The maximum Gasteiger partial charge on any atom is 0.343 e. The van der Waals surface area contributed by atoms with Crippen LogP contribution in [0.5, 0.6) is 5.75 Å². The van der Waals surface area contributed by atoms with E-state index in [9.17, 15) is 18.4 Å². The average molecular weight is 455 g/mol. The highest BCUT2D eigenvalue weighted by Crippen LogP contribution is 2.48. The summed E-state index contributed by atoms with van der Waals surface area (Å²) in [6.07, 6.45) is 1.23. The highest BCUT2D eigenvalue weighted by Gasteiger charge is 2.50. The van der Waals surface area contributed by atoms with Gasteiger partial charge in [-0.1, -0.05) is 12.1 Å². The van der Waals surface area contributed by atoms with Crippen LogP contribution in [0.4, 0.5) is 20.2 Å². The number of rotatable bonds is 5. The van der Waals surface area contributed by atoms with E-state index in [0.29, 0.717) is 38.2 Å². The predicted octanol–water partition coefficient (Wildman–Crippen LogP) is 3.69. The Morgan fingerprint density at radius 1 is 1.18 bits per heavy atom. The number of halogens is 2. The molecule has 2 aromatic carbocycles. The standard InChI is InChI=1S/C24H23F2N3O4/c1-27-15-4-5-20-17(12-15)24(23(31)28(20)2)6-8-29(9-7-24)10-11-33-16-13-18(25)21(19(26)14-16)22(30)32-3/h4-5,12-14H,6-11H2,2-3H3. The minimum atomic E-state index is -1.09. The van der Waals surface area contributed by atoms with E-state index in [0.717, 1.165) is 30.5 Å². The molecule has 0 N–H and O–H groups in total. The van der Waals surface area contributed by atoms with Gasteiger partial charge in [0.05, 0.1) is 19.1 Å². The van der Waals surface area contributed by atoms with Gasteiger partial charge in [-0.3, -0.25) is 9.69 Å². The van der Waals surface area contributed by atoms with E-state index in [-0.39, 0.29) is 18.3 Å². The van der Waals surface area contributed by atoms with Crippen molar-refractivity contribution in [1.29, 1.82) is 0 Å². The number of anilines is 1. The lowest BCUT2D eigenvalue weighted by molar-refractivity contribution is -0.124. The summed E-state index contributed by atoms with van der Waals surface area (Å²) < 4.78 is 38.0. The molecular formula is C24H23F2N3O4. The van der Waals surface area contributed by atoms with Crippen LogP contribution in [-0.2, 0) is 14.9 Å². The van der Waals surface area contributed by atoms with Crippen molar-refractivity contribution >= 4 is 23.3 Å². The summed E-state index contributed by atoms with van der Waals surface area (Å²) in [4.78, 5) is 31.9. The van der Waals surface area contributed by atoms with Crippen molar-refractivity contribution in [3.05, 3.63) is 64.5 Å². The zero-order chi connectivity index (χ0) is 23.8. The van der Waals surface area contributed by atoms with Crippen molar-refractivity contribution in [2.24, 2.45) is 0 Å². The third-order valence-electron chi connectivity index (χ3n) is 6.49. The van der Waals surface area contributed by atoms with E-state index in [4.69, 9.17) is 11.3 Å². The molecule has 0 saturated carbocycles. The van der Waals surface area contributed by atoms with Gasteiger partial charge in [-0.2, -0.15) is 0 Å². The summed E-state index contributed by atoms with van der Waals surface area (Å²) in [5.41, 5.74) is 0.904. The quantitative estimate of drug-likeness (QED) is 0.508. The van der Waals surface area contributed by atoms with Crippen molar-refractivity contribution in [3.63, 3.8) is 0 Å². The SMILES string of the molecule is [C-]#[N+]c1ccc2c(c1)C1(CCN(CCOc3cc(F)c(C(=O)OC)c(F)c3)CC1)C(=O)N2C. The summed E-state index contributed by atoms with van der Waals surface area (Å²) in [7, 11) is 2.81. The van der Waals surface area contributed by atoms with Crippen molar-refractivity contribution in [2.45, 2.75) is 18.3 Å². The zero-order valence-corrected chi connectivity index (χ0v) is 18.4. The summed E-state index contributed by atoms with van der Waals surface area (Å²) in [6.45, 7) is 9.29. The lowest BCUT2D eigenvalue weighted by atomic mass is 9.73. The third kappa shape index (κ3) is 3.91. The topological polar surface area (TPSA) is 63.4 Å². The number of carbonyl (C=O) groups excluding carboxylic acids is 2. The Labute approximate surface area is 190 Å². The monoisotopic (exact) mass is 455 g/mol. The number of piperidine rings is 1. The number of likely N-dealkylation sites (tertiary alicyclic amines) is 1. The van der Waals surface area contributed by atoms with Gasteiger partial charge in [0.25, 0.3) is 0 Å². The molecule has 1 saturated heterocycles. The van der Waals surface area contributed by atoms with Gasteiger partial charge in [0.15, 0.2) is 5.69 Å². The van der Waals surface area contributed by atoms with E-state index in [2.05, 4.69) is 14.5 Å². The summed E-state index contributed by atoms with van der Waals surface area (Å²) >= 11 is 0. The number of carbonyl (C=O) groups is 2. The van der Waals surface area contributed by atoms with Gasteiger partial charge in [-0.15, -0.1) is 0 Å². The summed E-state index contributed by atoms with van der Waals surface area (Å²) in [5, 5.41) is 0. The first-order valence-corrected chi connectivity index (χ1v) is 10.5. The molecule has 2 heterocycles. The molecule has 1 amide bonds.